The normalized spacial score (nSPS) is 22.9. The number of hydrazone groups is 1. The van der Waals surface area contributed by atoms with Crippen LogP contribution in [-0.4, -0.2) is 66.9 Å². The third-order valence-electron chi connectivity index (χ3n) is 3.24. The summed E-state index contributed by atoms with van der Waals surface area (Å²) < 4.78 is 21.0. The molecule has 140 valence electrons. The van der Waals surface area contributed by atoms with Gasteiger partial charge in [-0.25, -0.2) is 5.01 Å². The Balaban J connectivity index is 2.74. The molecule has 1 heterocycles. The lowest BCUT2D eigenvalue weighted by molar-refractivity contribution is -0.163. The van der Waals surface area contributed by atoms with E-state index in [9.17, 15) is 9.59 Å². The van der Waals surface area contributed by atoms with E-state index in [2.05, 4.69) is 5.10 Å². The van der Waals surface area contributed by atoms with Crippen LogP contribution in [0.3, 0.4) is 0 Å². The van der Waals surface area contributed by atoms with Crippen molar-refractivity contribution < 1.29 is 28.5 Å². The van der Waals surface area contributed by atoms with Crippen LogP contribution in [0.5, 0.6) is 0 Å². The van der Waals surface area contributed by atoms with Crippen molar-refractivity contribution in [2.75, 3.05) is 20.8 Å². The monoisotopic (exact) mass is 372 g/mol. The van der Waals surface area contributed by atoms with E-state index in [1.54, 1.807) is 19.2 Å². The van der Waals surface area contributed by atoms with Gasteiger partial charge in [-0.2, -0.15) is 5.10 Å². The number of thiocarbonyl (C=S) groups is 1. The van der Waals surface area contributed by atoms with Crippen LogP contribution in [0.2, 0.25) is 0 Å². The van der Waals surface area contributed by atoms with Gasteiger partial charge in [0.25, 0.3) is 5.17 Å². The van der Waals surface area contributed by atoms with E-state index in [4.69, 9.17) is 31.2 Å². The fraction of sp³-hybridized carbons (Fsp3) is 0.625. The maximum Gasteiger partial charge on any atom is 0.303 e. The van der Waals surface area contributed by atoms with Crippen LogP contribution < -0.4 is 0 Å². The highest BCUT2D eigenvalue weighted by atomic mass is 32.1. The Morgan fingerprint density at radius 3 is 2.48 bits per heavy atom. The Kier molecular flexibility index (Phi) is 8.50. The molecule has 0 aromatic rings. The summed E-state index contributed by atoms with van der Waals surface area (Å²) in [4.78, 5) is 22.2. The minimum Gasteiger partial charge on any atom is -0.473 e. The third-order valence-corrected chi connectivity index (χ3v) is 3.67. The second-order valence-electron chi connectivity index (χ2n) is 5.51. The molecule has 0 amide bonds. The van der Waals surface area contributed by atoms with E-state index < -0.39 is 24.1 Å². The average molecular weight is 372 g/mol. The molecule has 0 N–H and O–H groups in total. The van der Waals surface area contributed by atoms with Crippen LogP contribution >= 0.6 is 12.2 Å². The molecular weight excluding hydrogens is 348 g/mol. The molecule has 0 spiro atoms. The molecule has 8 nitrogen and oxygen atoms in total. The lowest BCUT2D eigenvalue weighted by Gasteiger charge is -2.31. The number of hydrogen-bond donors (Lipinski definition) is 0. The first kappa shape index (κ1) is 21.0. The smallest absolute Gasteiger partial charge is 0.303 e. The van der Waals surface area contributed by atoms with Gasteiger partial charge in [0.15, 0.2) is 0 Å². The van der Waals surface area contributed by atoms with Crippen molar-refractivity contribution in [1.29, 1.82) is 0 Å². The van der Waals surface area contributed by atoms with Gasteiger partial charge >= 0.3 is 11.9 Å². The summed E-state index contributed by atoms with van der Waals surface area (Å²) in [5, 5.41) is 6.01. The van der Waals surface area contributed by atoms with E-state index in [1.807, 2.05) is 6.92 Å². The van der Waals surface area contributed by atoms with E-state index in [1.165, 1.54) is 26.0 Å². The maximum atomic E-state index is 11.2. The predicted molar refractivity (Wildman–Crippen MR) is 95.1 cm³/mol. The van der Waals surface area contributed by atoms with Gasteiger partial charge in [-0.1, -0.05) is 6.08 Å². The number of ether oxygens (including phenoxy) is 4. The minimum absolute atomic E-state index is 0.00201. The number of esters is 2. The van der Waals surface area contributed by atoms with Gasteiger partial charge in [-0.3, -0.25) is 9.59 Å². The minimum atomic E-state index is -0.603. The van der Waals surface area contributed by atoms with Crippen LogP contribution in [0.1, 0.15) is 27.2 Å². The van der Waals surface area contributed by atoms with Crippen molar-refractivity contribution >= 4 is 35.0 Å². The highest BCUT2D eigenvalue weighted by Crippen LogP contribution is 2.19. The zero-order valence-corrected chi connectivity index (χ0v) is 15.9. The second-order valence-corrected chi connectivity index (χ2v) is 5.86. The molecule has 25 heavy (non-hydrogen) atoms. The van der Waals surface area contributed by atoms with Gasteiger partial charge in [-0.05, 0) is 25.2 Å². The van der Waals surface area contributed by atoms with Crippen molar-refractivity contribution in [3.8, 4) is 0 Å². The molecule has 0 aromatic carbocycles. The molecule has 1 rings (SSSR count). The molecule has 0 saturated carbocycles. The zero-order chi connectivity index (χ0) is 19.0. The van der Waals surface area contributed by atoms with Crippen LogP contribution in [0.4, 0.5) is 0 Å². The summed E-state index contributed by atoms with van der Waals surface area (Å²) in [6.07, 6.45) is 2.56. The molecule has 0 radical (unpaired) electrons. The third kappa shape index (κ3) is 7.61. The number of hydrogen-bond acceptors (Lipinski definition) is 8. The molecule has 0 fully saturated rings. The molecular formula is C16H24N2O6S. The highest BCUT2D eigenvalue weighted by Gasteiger charge is 2.30. The van der Waals surface area contributed by atoms with Crippen LogP contribution in [0, 0.1) is 0 Å². The summed E-state index contributed by atoms with van der Waals surface area (Å²) in [6.45, 7) is 4.46. The number of carbonyl (C=O) groups excluding carboxylic acids is 2. The lowest BCUT2D eigenvalue weighted by Crippen LogP contribution is -2.41. The Morgan fingerprint density at radius 1 is 1.24 bits per heavy atom. The Morgan fingerprint density at radius 2 is 1.92 bits per heavy atom. The van der Waals surface area contributed by atoms with Crippen molar-refractivity contribution in [2.45, 2.75) is 45.5 Å². The van der Waals surface area contributed by atoms with E-state index >= 15 is 0 Å². The van der Waals surface area contributed by atoms with Gasteiger partial charge in [0.1, 0.15) is 18.8 Å². The largest absolute Gasteiger partial charge is 0.473 e. The zero-order valence-electron chi connectivity index (χ0n) is 15.1. The molecule has 0 saturated heterocycles. The van der Waals surface area contributed by atoms with Gasteiger partial charge in [0, 0.05) is 33.0 Å². The Hall–Kier alpha value is -2.00. The summed E-state index contributed by atoms with van der Waals surface area (Å²) in [7, 11) is 3.17. The first-order valence-electron chi connectivity index (χ1n) is 7.73. The number of carbonyl (C=O) groups is 2. The molecule has 0 bridgehead atoms. The average Bonchev–Trinajstić information content (AvgIpc) is 2.53. The van der Waals surface area contributed by atoms with E-state index in [0.29, 0.717) is 6.42 Å². The molecule has 0 unspecified atom stereocenters. The first-order chi connectivity index (χ1) is 11.7. The number of rotatable bonds is 6. The number of methoxy groups -OCH3 is 1. The highest BCUT2D eigenvalue weighted by molar-refractivity contribution is 7.79. The summed E-state index contributed by atoms with van der Waals surface area (Å²) >= 11 is 4.99. The number of nitrogens with zero attached hydrogens (tertiary/aromatic N) is 2. The van der Waals surface area contributed by atoms with Gasteiger partial charge in [-0.15, -0.1) is 0 Å². The van der Waals surface area contributed by atoms with Crippen molar-refractivity contribution in [3.05, 3.63) is 12.2 Å². The lowest BCUT2D eigenvalue weighted by atomic mass is 10.1. The first-order valence-corrected chi connectivity index (χ1v) is 8.13. The Bertz CT molecular complexity index is 563. The van der Waals surface area contributed by atoms with Crippen LogP contribution in [0.15, 0.2) is 17.3 Å². The van der Waals surface area contributed by atoms with Gasteiger partial charge in [0.05, 0.1) is 13.2 Å². The van der Waals surface area contributed by atoms with Crippen molar-refractivity contribution in [3.63, 3.8) is 0 Å². The standard InChI is InChI=1S/C16H24N2O6S/c1-10(17-18(4)16(25)21-5)8-13-6-7-14(23-12(3)20)15(24-13)9-22-11(2)19/h6-7,13-15H,8-9H2,1-5H3/b17-10+/t13-,14-,15+/m0/s1. The van der Waals surface area contributed by atoms with E-state index in [-0.39, 0.29) is 17.9 Å². The van der Waals surface area contributed by atoms with Crippen LogP contribution in [0.25, 0.3) is 0 Å². The predicted octanol–water partition coefficient (Wildman–Crippen LogP) is 1.43. The molecule has 9 heteroatoms. The molecule has 0 aliphatic carbocycles. The summed E-state index contributed by atoms with van der Waals surface area (Å²) in [5.41, 5.74) is 0.772. The topological polar surface area (TPSA) is 86.7 Å². The second kappa shape index (κ2) is 10.1. The van der Waals surface area contributed by atoms with Gasteiger partial charge in [0.2, 0.25) is 0 Å². The summed E-state index contributed by atoms with van der Waals surface area (Å²) in [5.74, 6) is -0.860. The molecule has 0 aromatic heterocycles. The maximum absolute atomic E-state index is 11.2. The van der Waals surface area contributed by atoms with Crippen molar-refractivity contribution in [2.24, 2.45) is 5.10 Å². The SMILES string of the molecule is COC(=S)N(C)/N=C(\C)C[C@@H]1C=C[C@H](OC(C)=O)[C@@H](COC(C)=O)O1. The molecule has 1 aliphatic heterocycles. The molecule has 1 aliphatic rings. The fourth-order valence-corrected chi connectivity index (χ4v) is 2.26. The Labute approximate surface area is 152 Å². The van der Waals surface area contributed by atoms with E-state index in [0.717, 1.165) is 5.71 Å². The molecule has 3 atom stereocenters. The quantitative estimate of drug-likeness (QED) is 0.228. The van der Waals surface area contributed by atoms with Crippen molar-refractivity contribution in [1.82, 2.24) is 5.01 Å². The fourth-order valence-electron chi connectivity index (χ4n) is 2.22. The van der Waals surface area contributed by atoms with Gasteiger partial charge < -0.3 is 18.9 Å². The summed E-state index contributed by atoms with van der Waals surface area (Å²) in [6, 6.07) is 0. The van der Waals surface area contributed by atoms with Crippen LogP contribution in [-0.2, 0) is 28.5 Å².